The number of hydrogen-bond donors (Lipinski definition) is 2. The van der Waals surface area contributed by atoms with Gasteiger partial charge in [0.1, 0.15) is 28.7 Å². The first-order chi connectivity index (χ1) is 17.6. The number of anilines is 2. The number of halogens is 4. The third-order valence-corrected chi connectivity index (χ3v) is 5.82. The van der Waals surface area contributed by atoms with Crippen LogP contribution < -0.4 is 10.1 Å². The standard InChI is InChI=1S/C26H22F4N6O/c1-14(2)18-10-15(4-6-19(18)27)33-25-34-20-11-16(5-7-22(20)36(25)3)37-17-8-9-31-21(12-17)24-32-13-23(35-24)26(28,29)30/h4-14H,1-3H3,(H,32,35)(H,33,34). The van der Waals surface area contributed by atoms with Gasteiger partial charge in [0.2, 0.25) is 5.95 Å². The summed E-state index contributed by atoms with van der Waals surface area (Å²) in [6.45, 7) is 3.86. The monoisotopic (exact) mass is 510 g/mol. The molecule has 7 nitrogen and oxygen atoms in total. The summed E-state index contributed by atoms with van der Waals surface area (Å²) in [6, 6.07) is 13.3. The molecular formula is C26H22F4N6O. The number of benzene rings is 2. The molecule has 0 saturated carbocycles. The van der Waals surface area contributed by atoms with Crippen LogP contribution in [-0.2, 0) is 13.2 Å². The maximum atomic E-state index is 14.1. The van der Waals surface area contributed by atoms with Crippen LogP contribution in [-0.4, -0.2) is 24.5 Å². The molecule has 0 amide bonds. The summed E-state index contributed by atoms with van der Waals surface area (Å²) < 4.78 is 60.5. The molecule has 0 aliphatic heterocycles. The average molecular weight is 510 g/mol. The lowest BCUT2D eigenvalue weighted by atomic mass is 10.0. The number of imidazole rings is 2. The zero-order chi connectivity index (χ0) is 26.3. The summed E-state index contributed by atoms with van der Waals surface area (Å²) in [5.41, 5.74) is 2.08. The van der Waals surface area contributed by atoms with Crippen molar-refractivity contribution in [1.29, 1.82) is 0 Å². The van der Waals surface area contributed by atoms with Crippen molar-refractivity contribution in [2.45, 2.75) is 25.9 Å². The van der Waals surface area contributed by atoms with Crippen LogP contribution in [0.2, 0.25) is 0 Å². The molecule has 0 bridgehead atoms. The molecule has 0 aliphatic rings. The van der Waals surface area contributed by atoms with Crippen molar-refractivity contribution in [2.75, 3.05) is 5.32 Å². The van der Waals surface area contributed by atoms with Crippen LogP contribution in [0.15, 0.2) is 60.9 Å². The summed E-state index contributed by atoms with van der Waals surface area (Å²) in [5, 5.41) is 3.24. The van der Waals surface area contributed by atoms with Crippen molar-refractivity contribution >= 4 is 22.7 Å². The predicted molar refractivity (Wildman–Crippen MR) is 131 cm³/mol. The highest BCUT2D eigenvalue weighted by molar-refractivity contribution is 5.81. The highest BCUT2D eigenvalue weighted by atomic mass is 19.4. The maximum Gasteiger partial charge on any atom is 0.432 e. The van der Waals surface area contributed by atoms with Gasteiger partial charge < -0.3 is 19.6 Å². The van der Waals surface area contributed by atoms with E-state index in [1.807, 2.05) is 31.5 Å². The van der Waals surface area contributed by atoms with Gasteiger partial charge in [-0.25, -0.2) is 14.4 Å². The minimum Gasteiger partial charge on any atom is -0.457 e. The van der Waals surface area contributed by atoms with Crippen molar-refractivity contribution in [3.05, 3.63) is 78.0 Å². The number of aryl methyl sites for hydroxylation is 1. The Labute approximate surface area is 209 Å². The summed E-state index contributed by atoms with van der Waals surface area (Å²) >= 11 is 0. The molecule has 190 valence electrons. The number of alkyl halides is 3. The van der Waals surface area contributed by atoms with Gasteiger partial charge in [-0.1, -0.05) is 13.8 Å². The molecule has 0 unspecified atom stereocenters. The molecule has 0 aliphatic carbocycles. The number of hydrogen-bond acceptors (Lipinski definition) is 5. The lowest BCUT2D eigenvalue weighted by Gasteiger charge is -2.11. The minimum absolute atomic E-state index is 0.0184. The zero-order valence-electron chi connectivity index (χ0n) is 20.1. The summed E-state index contributed by atoms with van der Waals surface area (Å²) in [5.74, 6) is 1.19. The number of nitrogens with zero attached hydrogens (tertiary/aromatic N) is 4. The molecule has 3 aromatic heterocycles. The van der Waals surface area contributed by atoms with Crippen LogP contribution in [0.1, 0.15) is 31.0 Å². The SMILES string of the molecule is CC(C)c1cc(Nc2nc3cc(Oc4ccnc(-c5ncc(C(F)(F)F)[nH]5)c4)ccc3n2C)ccc1F. The van der Waals surface area contributed by atoms with E-state index in [1.165, 1.54) is 18.3 Å². The lowest BCUT2D eigenvalue weighted by molar-refractivity contribution is -0.140. The molecule has 5 aromatic rings. The third kappa shape index (κ3) is 4.97. The van der Waals surface area contributed by atoms with Crippen molar-refractivity contribution in [1.82, 2.24) is 24.5 Å². The van der Waals surface area contributed by atoms with Crippen LogP contribution in [0, 0.1) is 5.82 Å². The Kier molecular flexibility index (Phi) is 6.06. The van der Waals surface area contributed by atoms with Crippen molar-refractivity contribution < 1.29 is 22.3 Å². The second kappa shape index (κ2) is 9.23. The van der Waals surface area contributed by atoms with Gasteiger partial charge in [0, 0.05) is 31.1 Å². The van der Waals surface area contributed by atoms with Gasteiger partial charge in [-0.15, -0.1) is 0 Å². The number of fused-ring (bicyclic) bond motifs is 1. The Morgan fingerprint density at radius 1 is 1.00 bits per heavy atom. The van der Waals surface area contributed by atoms with E-state index in [0.717, 1.165) is 17.4 Å². The Morgan fingerprint density at radius 3 is 2.51 bits per heavy atom. The lowest BCUT2D eigenvalue weighted by Crippen LogP contribution is -2.04. The minimum atomic E-state index is -4.53. The molecule has 2 aromatic carbocycles. The molecular weight excluding hydrogens is 488 g/mol. The zero-order valence-corrected chi connectivity index (χ0v) is 20.1. The molecule has 2 N–H and O–H groups in total. The quantitative estimate of drug-likeness (QED) is 0.237. The summed E-state index contributed by atoms with van der Waals surface area (Å²) in [6.07, 6.45) is -2.38. The first-order valence-corrected chi connectivity index (χ1v) is 11.4. The van der Waals surface area contributed by atoms with E-state index in [9.17, 15) is 17.6 Å². The molecule has 0 saturated heterocycles. The van der Waals surface area contributed by atoms with E-state index < -0.39 is 11.9 Å². The van der Waals surface area contributed by atoms with Crippen LogP contribution in [0.5, 0.6) is 11.5 Å². The van der Waals surface area contributed by atoms with Gasteiger partial charge in [0.05, 0.1) is 17.2 Å². The van der Waals surface area contributed by atoms with Gasteiger partial charge in [-0.3, -0.25) is 4.98 Å². The van der Waals surface area contributed by atoms with E-state index in [-0.39, 0.29) is 23.3 Å². The van der Waals surface area contributed by atoms with Crippen molar-refractivity contribution in [3.8, 4) is 23.0 Å². The van der Waals surface area contributed by atoms with Gasteiger partial charge in [0.15, 0.2) is 5.82 Å². The molecule has 37 heavy (non-hydrogen) atoms. The highest BCUT2D eigenvalue weighted by Gasteiger charge is 2.33. The molecule has 5 rings (SSSR count). The van der Waals surface area contributed by atoms with E-state index in [2.05, 4.69) is 25.3 Å². The van der Waals surface area contributed by atoms with E-state index in [1.54, 1.807) is 30.3 Å². The number of pyridine rings is 1. The predicted octanol–water partition coefficient (Wildman–Crippen LogP) is 7.18. The fraction of sp³-hybridized carbons (Fsp3) is 0.192. The summed E-state index contributed by atoms with van der Waals surface area (Å²) in [7, 11) is 1.86. The van der Waals surface area contributed by atoms with Crippen LogP contribution in [0.4, 0.5) is 29.2 Å². The van der Waals surface area contributed by atoms with Crippen molar-refractivity contribution in [3.63, 3.8) is 0 Å². The molecule has 0 spiro atoms. The summed E-state index contributed by atoms with van der Waals surface area (Å²) in [4.78, 5) is 14.7. The smallest absolute Gasteiger partial charge is 0.432 e. The largest absolute Gasteiger partial charge is 0.457 e. The molecule has 11 heteroatoms. The normalized spacial score (nSPS) is 11.9. The topological polar surface area (TPSA) is 80.7 Å². The van der Waals surface area contributed by atoms with E-state index >= 15 is 0 Å². The Hall–Kier alpha value is -4.41. The number of nitrogens with one attached hydrogen (secondary N) is 2. The van der Waals surface area contributed by atoms with Gasteiger partial charge in [0.25, 0.3) is 0 Å². The Bertz CT molecular complexity index is 1590. The van der Waals surface area contributed by atoms with Crippen LogP contribution in [0.3, 0.4) is 0 Å². The number of ether oxygens (including phenoxy) is 1. The number of aromatic nitrogens is 5. The fourth-order valence-electron chi connectivity index (χ4n) is 3.88. The molecule has 0 atom stereocenters. The van der Waals surface area contributed by atoms with Crippen LogP contribution >= 0.6 is 0 Å². The second-order valence-electron chi connectivity index (χ2n) is 8.78. The number of aromatic amines is 1. The second-order valence-corrected chi connectivity index (χ2v) is 8.78. The first-order valence-electron chi connectivity index (χ1n) is 11.4. The highest BCUT2D eigenvalue weighted by Crippen LogP contribution is 2.32. The number of H-pyrrole nitrogens is 1. The Morgan fingerprint density at radius 2 is 1.78 bits per heavy atom. The molecule has 0 radical (unpaired) electrons. The first kappa shape index (κ1) is 24.3. The van der Waals surface area contributed by atoms with Crippen LogP contribution in [0.25, 0.3) is 22.6 Å². The number of rotatable bonds is 6. The van der Waals surface area contributed by atoms with E-state index in [4.69, 9.17) is 4.74 Å². The molecule has 3 heterocycles. The molecule has 0 fully saturated rings. The maximum absolute atomic E-state index is 14.1. The third-order valence-electron chi connectivity index (χ3n) is 5.82. The Balaban J connectivity index is 1.38. The van der Waals surface area contributed by atoms with Gasteiger partial charge in [-0.2, -0.15) is 13.2 Å². The fourth-order valence-corrected chi connectivity index (χ4v) is 3.88. The van der Waals surface area contributed by atoms with E-state index in [0.29, 0.717) is 28.5 Å². The average Bonchev–Trinajstić information content (AvgIpc) is 3.46. The van der Waals surface area contributed by atoms with Gasteiger partial charge >= 0.3 is 6.18 Å². The van der Waals surface area contributed by atoms with Gasteiger partial charge in [-0.05, 0) is 47.9 Å². The van der Waals surface area contributed by atoms with Crippen molar-refractivity contribution in [2.24, 2.45) is 7.05 Å².